The van der Waals surface area contributed by atoms with Crippen molar-refractivity contribution in [2.24, 2.45) is 11.8 Å². The van der Waals surface area contributed by atoms with Crippen molar-refractivity contribution >= 4 is 50.0 Å². The van der Waals surface area contributed by atoms with E-state index in [0.29, 0.717) is 28.9 Å². The molecular formula is C16H25NaO8S. The van der Waals surface area contributed by atoms with Crippen molar-refractivity contribution in [3.8, 4) is 0 Å². The predicted octanol–water partition coefficient (Wildman–Crippen LogP) is 1.25. The van der Waals surface area contributed by atoms with Crippen LogP contribution in [0.5, 0.6) is 0 Å². The average molecular weight is 400 g/mol. The number of esters is 2. The third-order valence-corrected chi connectivity index (χ3v) is 8.30. The molecule has 0 aromatic rings. The zero-order valence-electron chi connectivity index (χ0n) is 15.5. The summed E-state index contributed by atoms with van der Waals surface area (Å²) in [5.74, 6) is -2.41. The van der Waals surface area contributed by atoms with E-state index in [4.69, 9.17) is 14.2 Å². The van der Waals surface area contributed by atoms with Crippen molar-refractivity contribution in [3.63, 3.8) is 0 Å². The summed E-state index contributed by atoms with van der Waals surface area (Å²) in [7, 11) is -1.90. The van der Waals surface area contributed by atoms with Gasteiger partial charge in [-0.1, -0.05) is 0 Å². The number of rotatable bonds is 5. The molecule has 2 rings (SSSR count). The van der Waals surface area contributed by atoms with Gasteiger partial charge < -0.3 is 0 Å². The molecule has 2 aliphatic carbocycles. The Kier molecular flexibility index (Phi) is 7.54. The molecule has 0 spiro atoms. The van der Waals surface area contributed by atoms with Crippen LogP contribution in [-0.2, 0) is 33.9 Å². The van der Waals surface area contributed by atoms with E-state index in [9.17, 15) is 22.6 Å². The molecule has 0 amide bonds. The van der Waals surface area contributed by atoms with Crippen LogP contribution in [0.4, 0.5) is 0 Å². The van der Waals surface area contributed by atoms with Gasteiger partial charge in [0.05, 0.1) is 0 Å². The van der Waals surface area contributed by atoms with Crippen molar-refractivity contribution in [2.75, 3.05) is 14.2 Å². The van der Waals surface area contributed by atoms with Crippen LogP contribution in [0.15, 0.2) is 0 Å². The minimum absolute atomic E-state index is 0.161. The minimum atomic E-state index is -4.40. The first kappa shape index (κ1) is 22.1. The zero-order chi connectivity index (χ0) is 19.5. The van der Waals surface area contributed by atoms with Crippen LogP contribution < -0.4 is 0 Å². The van der Waals surface area contributed by atoms with Crippen LogP contribution in [0.25, 0.3) is 0 Å². The molecular weight excluding hydrogens is 375 g/mol. The molecule has 0 saturated heterocycles. The van der Waals surface area contributed by atoms with E-state index in [-0.39, 0.29) is 19.3 Å². The van der Waals surface area contributed by atoms with E-state index in [1.165, 1.54) is 14.2 Å². The molecule has 144 valence electrons. The summed E-state index contributed by atoms with van der Waals surface area (Å²) in [6, 6.07) is 0. The summed E-state index contributed by atoms with van der Waals surface area (Å²) < 4.78 is 49.9. The van der Waals surface area contributed by atoms with E-state index in [2.05, 4.69) is 0 Å². The Bertz CT molecular complexity index is 626. The molecule has 0 radical (unpaired) electrons. The number of hydrogen-bond donors (Lipinski definition) is 1. The van der Waals surface area contributed by atoms with E-state index >= 15 is 0 Å². The second-order valence-corrected chi connectivity index (χ2v) is 10.7. The van der Waals surface area contributed by atoms with Crippen LogP contribution in [-0.4, -0.2) is 78.1 Å². The Labute approximate surface area is 171 Å². The van der Waals surface area contributed by atoms with Crippen LogP contribution in [0, 0.1) is 11.8 Å². The Morgan fingerprint density at radius 1 is 1.00 bits per heavy atom. The monoisotopic (exact) mass is 400 g/mol. The second-order valence-electron chi connectivity index (χ2n) is 7.38. The van der Waals surface area contributed by atoms with Gasteiger partial charge in [-0.15, -0.1) is 0 Å². The first-order valence-electron chi connectivity index (χ1n) is 8.94. The molecule has 2 fully saturated rings. The second kappa shape index (κ2) is 8.87. The molecule has 0 heterocycles. The summed E-state index contributed by atoms with van der Waals surface area (Å²) in [6.45, 7) is 0. The normalized spacial score (nSPS) is 35.6. The molecule has 0 aromatic heterocycles. The fourth-order valence-corrected chi connectivity index (χ4v) is 5.61. The Morgan fingerprint density at radius 2 is 1.54 bits per heavy atom. The average Bonchev–Trinajstić information content (AvgIpc) is 2.61. The molecule has 0 bridgehead atoms. The maximum atomic E-state index is 12.1. The quantitative estimate of drug-likeness (QED) is 0.416. The van der Waals surface area contributed by atoms with Gasteiger partial charge in [-0.3, -0.25) is 0 Å². The van der Waals surface area contributed by atoms with Gasteiger partial charge in [0.1, 0.15) is 0 Å². The number of carbonyl (C=O) groups excluding carboxylic acids is 2. The van der Waals surface area contributed by atoms with Crippen LogP contribution in [0.2, 0.25) is 3.17 Å². The van der Waals surface area contributed by atoms with Crippen molar-refractivity contribution in [1.29, 1.82) is 0 Å². The number of carbonyl (C=O) groups is 2. The fraction of sp³-hybridized carbons (Fsp3) is 0.875. The molecule has 26 heavy (non-hydrogen) atoms. The maximum absolute atomic E-state index is 12.1. The summed E-state index contributed by atoms with van der Waals surface area (Å²) in [5.41, 5.74) is 0. The Hall–Kier alpha value is -0.190. The van der Waals surface area contributed by atoms with Crippen LogP contribution >= 0.6 is 0 Å². The van der Waals surface area contributed by atoms with Crippen molar-refractivity contribution in [3.05, 3.63) is 0 Å². The first-order valence-corrected chi connectivity index (χ1v) is 11.5. The van der Waals surface area contributed by atoms with E-state index < -0.39 is 44.9 Å². The number of methoxy groups -OCH3 is 2. The van der Waals surface area contributed by atoms with Gasteiger partial charge in [-0.2, -0.15) is 0 Å². The van der Waals surface area contributed by atoms with Gasteiger partial charge in [0.2, 0.25) is 0 Å². The molecule has 2 aliphatic rings. The molecule has 3 atom stereocenters. The van der Waals surface area contributed by atoms with Crippen molar-refractivity contribution in [2.45, 2.75) is 59.2 Å². The van der Waals surface area contributed by atoms with Gasteiger partial charge in [0.25, 0.3) is 0 Å². The predicted molar refractivity (Wildman–Crippen MR) is 92.0 cm³/mol. The molecule has 1 N–H and O–H groups in total. The molecule has 10 heteroatoms. The number of ether oxygens (including phenoxy) is 3. The molecule has 0 aliphatic heterocycles. The topological polar surface area (TPSA) is 116 Å². The summed E-state index contributed by atoms with van der Waals surface area (Å²) in [4.78, 5) is 22.4. The van der Waals surface area contributed by atoms with Gasteiger partial charge in [0.15, 0.2) is 0 Å². The number of hydrogen-bond acceptors (Lipinski definition) is 7. The van der Waals surface area contributed by atoms with E-state index in [1.807, 2.05) is 0 Å². The van der Waals surface area contributed by atoms with E-state index in [1.54, 1.807) is 0 Å². The molecule has 8 nitrogen and oxygen atoms in total. The Balaban J connectivity index is 2.18. The van der Waals surface area contributed by atoms with Gasteiger partial charge >= 0.3 is 172 Å². The Morgan fingerprint density at radius 3 is 2.04 bits per heavy atom. The van der Waals surface area contributed by atoms with E-state index in [0.717, 1.165) is 27.9 Å². The van der Waals surface area contributed by atoms with Gasteiger partial charge in [-0.25, -0.2) is 0 Å². The van der Waals surface area contributed by atoms with Gasteiger partial charge in [-0.05, 0) is 0 Å². The SMILES string of the molecule is COC(=O)C1CCC(OC2(S(=O)(=O)O)CC[CH]([Na])CC2)CC1C(=O)OC. The summed E-state index contributed by atoms with van der Waals surface area (Å²) in [6.07, 6.45) is 2.26. The zero-order valence-corrected chi connectivity index (χ0v) is 18.3. The standard InChI is InChI=1S/C16H25O8S.Na/c1-22-14(17)12-7-6-11(10-13(12)15(18)23-2)24-16(25(19,20)21)8-4-3-5-9-16;/h3,11-13H,4-10H2,1-2H3,(H,19,20,21);. The first-order chi connectivity index (χ1) is 12.1. The third kappa shape index (κ3) is 4.80. The van der Waals surface area contributed by atoms with Crippen molar-refractivity contribution in [1.82, 2.24) is 0 Å². The summed E-state index contributed by atoms with van der Waals surface area (Å²) in [5, 5.41) is 0. The summed E-state index contributed by atoms with van der Waals surface area (Å²) >= 11 is 0.974. The fourth-order valence-electron chi connectivity index (χ4n) is 4.03. The third-order valence-electron chi connectivity index (χ3n) is 5.70. The molecule has 3 unspecified atom stereocenters. The van der Waals surface area contributed by atoms with Crippen LogP contribution in [0.3, 0.4) is 0 Å². The van der Waals surface area contributed by atoms with Crippen molar-refractivity contribution < 1.29 is 36.8 Å². The molecule has 2 saturated carbocycles. The van der Waals surface area contributed by atoms with Gasteiger partial charge in [0, 0.05) is 0 Å². The molecule has 0 aromatic carbocycles. The van der Waals surface area contributed by atoms with Crippen LogP contribution in [0.1, 0.15) is 44.9 Å².